The predicted octanol–water partition coefficient (Wildman–Crippen LogP) is 4.92. The number of benzene rings is 3. The van der Waals surface area contributed by atoms with Crippen LogP contribution in [0.3, 0.4) is 0 Å². The van der Waals surface area contributed by atoms with Crippen LogP contribution < -0.4 is 4.90 Å². The molecular formula is C21H14ClNO2. The van der Waals surface area contributed by atoms with Gasteiger partial charge in [-0.15, -0.1) is 0 Å². The van der Waals surface area contributed by atoms with E-state index in [9.17, 15) is 9.59 Å². The lowest BCUT2D eigenvalue weighted by Gasteiger charge is -2.25. The lowest BCUT2D eigenvalue weighted by atomic mass is 10.0. The van der Waals surface area contributed by atoms with E-state index in [2.05, 4.69) is 0 Å². The number of hydrogen-bond acceptors (Lipinski definition) is 2. The number of Topliss-reactive ketones (excluding diaryl/α,β-unsaturated/α-hetero) is 1. The summed E-state index contributed by atoms with van der Waals surface area (Å²) in [4.78, 5) is 27.8. The zero-order chi connectivity index (χ0) is 17.4. The summed E-state index contributed by atoms with van der Waals surface area (Å²) in [5.74, 6) is -0.361. The van der Waals surface area contributed by atoms with Crippen LogP contribution in [-0.4, -0.2) is 11.7 Å². The lowest BCUT2D eigenvalue weighted by molar-refractivity contribution is 0.0914. The molecule has 0 aliphatic carbocycles. The SMILES string of the molecule is O=C1c2ccccc2N(C(=O)c2ccccc2Cl)C1c1ccccc1. The highest BCUT2D eigenvalue weighted by molar-refractivity contribution is 6.35. The monoisotopic (exact) mass is 347 g/mol. The van der Waals surface area contributed by atoms with Crippen LogP contribution in [0.4, 0.5) is 5.69 Å². The average molecular weight is 348 g/mol. The van der Waals surface area contributed by atoms with Gasteiger partial charge < -0.3 is 0 Å². The van der Waals surface area contributed by atoms with Crippen molar-refractivity contribution in [2.45, 2.75) is 6.04 Å². The molecule has 1 aliphatic heterocycles. The van der Waals surface area contributed by atoms with Gasteiger partial charge in [-0.25, -0.2) is 0 Å². The van der Waals surface area contributed by atoms with Gasteiger partial charge in [0.1, 0.15) is 6.04 Å². The summed E-state index contributed by atoms with van der Waals surface area (Å²) in [5, 5.41) is 0.371. The zero-order valence-corrected chi connectivity index (χ0v) is 14.0. The van der Waals surface area contributed by atoms with E-state index < -0.39 is 6.04 Å². The Kier molecular flexibility index (Phi) is 3.86. The molecule has 3 aromatic carbocycles. The van der Waals surface area contributed by atoms with Crippen molar-refractivity contribution < 1.29 is 9.59 Å². The molecule has 3 aromatic rings. The van der Waals surface area contributed by atoms with Crippen LogP contribution in [0.25, 0.3) is 0 Å². The Hall–Kier alpha value is -2.91. The number of carbonyl (C=O) groups excluding carboxylic acids is 2. The third-order valence-electron chi connectivity index (χ3n) is 4.37. The van der Waals surface area contributed by atoms with Crippen molar-refractivity contribution >= 4 is 29.0 Å². The second-order valence-electron chi connectivity index (χ2n) is 5.85. The van der Waals surface area contributed by atoms with E-state index in [1.165, 1.54) is 0 Å². The molecule has 4 heteroatoms. The van der Waals surface area contributed by atoms with Gasteiger partial charge in [-0.2, -0.15) is 0 Å². The van der Waals surface area contributed by atoms with Gasteiger partial charge in [0.15, 0.2) is 5.78 Å². The maximum atomic E-state index is 13.2. The second-order valence-corrected chi connectivity index (χ2v) is 6.26. The molecular weight excluding hydrogens is 334 g/mol. The summed E-state index contributed by atoms with van der Waals surface area (Å²) in [6.07, 6.45) is 0. The minimum atomic E-state index is -0.678. The second kappa shape index (κ2) is 6.19. The van der Waals surface area contributed by atoms with E-state index in [0.717, 1.165) is 5.56 Å². The molecule has 1 heterocycles. The van der Waals surface area contributed by atoms with Crippen molar-refractivity contribution in [1.82, 2.24) is 0 Å². The van der Waals surface area contributed by atoms with Gasteiger partial charge in [0.2, 0.25) is 0 Å². The van der Waals surface area contributed by atoms with Gasteiger partial charge in [-0.3, -0.25) is 14.5 Å². The smallest absolute Gasteiger partial charge is 0.260 e. The molecule has 25 heavy (non-hydrogen) atoms. The molecule has 0 bridgehead atoms. The number of rotatable bonds is 2. The highest BCUT2D eigenvalue weighted by Gasteiger charge is 2.42. The largest absolute Gasteiger partial charge is 0.293 e. The highest BCUT2D eigenvalue weighted by Crippen LogP contribution is 2.41. The third kappa shape index (κ3) is 2.53. The quantitative estimate of drug-likeness (QED) is 0.659. The standard InChI is InChI=1S/C21H14ClNO2/c22-17-12-6-4-10-15(17)21(25)23-18-13-7-5-11-16(18)20(24)19(23)14-8-2-1-3-9-14/h1-13,19H. The molecule has 3 nitrogen and oxygen atoms in total. The van der Waals surface area contributed by atoms with Crippen LogP contribution in [0.15, 0.2) is 78.9 Å². The first-order valence-electron chi connectivity index (χ1n) is 7.95. The molecule has 0 N–H and O–H groups in total. The van der Waals surface area contributed by atoms with Gasteiger partial charge >= 0.3 is 0 Å². The molecule has 0 spiro atoms. The van der Waals surface area contributed by atoms with E-state index in [4.69, 9.17) is 11.6 Å². The summed E-state index contributed by atoms with van der Waals surface area (Å²) < 4.78 is 0. The predicted molar refractivity (Wildman–Crippen MR) is 98.2 cm³/mol. The summed E-state index contributed by atoms with van der Waals surface area (Å²) in [7, 11) is 0. The Morgan fingerprint density at radius 2 is 1.48 bits per heavy atom. The number of nitrogens with zero attached hydrogens (tertiary/aromatic N) is 1. The van der Waals surface area contributed by atoms with Crippen molar-refractivity contribution in [3.8, 4) is 0 Å². The fraction of sp³-hybridized carbons (Fsp3) is 0.0476. The lowest BCUT2D eigenvalue weighted by Crippen LogP contribution is -2.34. The van der Waals surface area contributed by atoms with Crippen LogP contribution in [0.5, 0.6) is 0 Å². The van der Waals surface area contributed by atoms with E-state index in [0.29, 0.717) is 21.8 Å². The number of anilines is 1. The first-order valence-corrected chi connectivity index (χ1v) is 8.32. The summed E-state index contributed by atoms with van der Waals surface area (Å²) >= 11 is 6.22. The van der Waals surface area contributed by atoms with E-state index in [1.807, 2.05) is 42.5 Å². The number of amides is 1. The number of hydrogen-bond donors (Lipinski definition) is 0. The molecule has 0 radical (unpaired) electrons. The molecule has 1 aliphatic rings. The van der Waals surface area contributed by atoms with Crippen molar-refractivity contribution in [1.29, 1.82) is 0 Å². The fourth-order valence-corrected chi connectivity index (χ4v) is 3.44. The van der Waals surface area contributed by atoms with Gasteiger partial charge in [0.25, 0.3) is 5.91 Å². The molecule has 4 rings (SSSR count). The van der Waals surface area contributed by atoms with Crippen molar-refractivity contribution in [2.75, 3.05) is 4.90 Å². The number of para-hydroxylation sites is 1. The Labute approximate surface area is 150 Å². The molecule has 1 unspecified atom stereocenters. The molecule has 0 saturated heterocycles. The van der Waals surface area contributed by atoms with Crippen molar-refractivity contribution in [3.63, 3.8) is 0 Å². The average Bonchev–Trinajstić information content (AvgIpc) is 2.95. The van der Waals surface area contributed by atoms with Crippen LogP contribution in [0.1, 0.15) is 32.3 Å². The number of halogens is 1. The molecule has 0 saturated carbocycles. The topological polar surface area (TPSA) is 37.4 Å². The first-order chi connectivity index (χ1) is 12.2. The Balaban J connectivity index is 1.89. The Morgan fingerprint density at radius 3 is 2.24 bits per heavy atom. The zero-order valence-electron chi connectivity index (χ0n) is 13.2. The summed E-state index contributed by atoms with van der Waals surface area (Å²) in [6.45, 7) is 0. The van der Waals surface area contributed by atoms with Crippen LogP contribution >= 0.6 is 11.6 Å². The Bertz CT molecular complexity index is 968. The van der Waals surface area contributed by atoms with E-state index in [1.54, 1.807) is 41.3 Å². The van der Waals surface area contributed by atoms with Gasteiger partial charge in [0.05, 0.1) is 16.3 Å². The summed E-state index contributed by atoms with van der Waals surface area (Å²) in [5.41, 5.74) is 2.33. The van der Waals surface area contributed by atoms with Gasteiger partial charge in [0, 0.05) is 5.56 Å². The minimum Gasteiger partial charge on any atom is -0.293 e. The maximum absolute atomic E-state index is 13.2. The van der Waals surface area contributed by atoms with E-state index in [-0.39, 0.29) is 11.7 Å². The molecule has 0 aromatic heterocycles. The number of carbonyl (C=O) groups is 2. The van der Waals surface area contributed by atoms with Gasteiger partial charge in [-0.05, 0) is 29.8 Å². The molecule has 1 atom stereocenters. The van der Waals surface area contributed by atoms with Crippen molar-refractivity contribution in [3.05, 3.63) is 101 Å². The minimum absolute atomic E-state index is 0.0813. The van der Waals surface area contributed by atoms with Gasteiger partial charge in [-0.1, -0.05) is 66.2 Å². The number of ketones is 1. The van der Waals surface area contributed by atoms with Crippen molar-refractivity contribution in [2.24, 2.45) is 0 Å². The van der Waals surface area contributed by atoms with E-state index >= 15 is 0 Å². The fourth-order valence-electron chi connectivity index (χ4n) is 3.22. The Morgan fingerprint density at radius 1 is 0.840 bits per heavy atom. The number of fused-ring (bicyclic) bond motifs is 1. The van der Waals surface area contributed by atoms with Crippen LogP contribution in [0.2, 0.25) is 5.02 Å². The molecule has 1 amide bonds. The summed E-state index contributed by atoms with van der Waals surface area (Å²) in [6, 6.07) is 22.7. The third-order valence-corrected chi connectivity index (χ3v) is 4.70. The highest BCUT2D eigenvalue weighted by atomic mass is 35.5. The normalized spacial score (nSPS) is 16.0. The first kappa shape index (κ1) is 15.6. The molecule has 122 valence electrons. The van der Waals surface area contributed by atoms with Crippen LogP contribution in [0, 0.1) is 0 Å². The molecule has 0 fully saturated rings. The maximum Gasteiger partial charge on any atom is 0.260 e. The van der Waals surface area contributed by atoms with Crippen LogP contribution in [-0.2, 0) is 0 Å².